The molecule has 1 rings (SSSR count). The molecule has 1 aromatic heterocycles. The quantitative estimate of drug-likeness (QED) is 0.729. The van der Waals surface area contributed by atoms with Gasteiger partial charge >= 0.3 is 5.97 Å². The van der Waals surface area contributed by atoms with Crippen LogP contribution in [0.4, 0.5) is 5.69 Å². The highest BCUT2D eigenvalue weighted by Gasteiger charge is 2.13. The van der Waals surface area contributed by atoms with E-state index >= 15 is 0 Å². The first-order valence-electron chi connectivity index (χ1n) is 5.73. The first kappa shape index (κ1) is 14.2. The Morgan fingerprint density at radius 2 is 2.39 bits per heavy atom. The van der Waals surface area contributed by atoms with Gasteiger partial charge in [0, 0.05) is 31.1 Å². The van der Waals surface area contributed by atoms with E-state index in [-0.39, 0.29) is 12.5 Å². The number of carboxylic acids is 1. The molecule has 0 aliphatic rings. The van der Waals surface area contributed by atoms with Crippen molar-refractivity contribution in [3.63, 3.8) is 0 Å². The molecule has 1 unspecified atom stereocenters. The van der Waals surface area contributed by atoms with Crippen molar-refractivity contribution in [2.75, 3.05) is 25.6 Å². The lowest BCUT2D eigenvalue weighted by Gasteiger charge is -2.16. The van der Waals surface area contributed by atoms with Gasteiger partial charge in [0.25, 0.3) is 0 Å². The van der Waals surface area contributed by atoms with Crippen LogP contribution < -0.4 is 10.1 Å². The van der Waals surface area contributed by atoms with Crippen LogP contribution in [0.15, 0.2) is 18.3 Å². The number of pyridine rings is 1. The molecule has 1 heterocycles. The highest BCUT2D eigenvalue weighted by molar-refractivity contribution is 5.67. The van der Waals surface area contributed by atoms with Gasteiger partial charge in [-0.25, -0.2) is 4.98 Å². The van der Waals surface area contributed by atoms with Crippen LogP contribution in [0, 0.1) is 0 Å². The van der Waals surface area contributed by atoms with Gasteiger partial charge in [-0.05, 0) is 13.0 Å². The van der Waals surface area contributed by atoms with Crippen LogP contribution in [0.3, 0.4) is 0 Å². The summed E-state index contributed by atoms with van der Waals surface area (Å²) in [6.45, 7) is 2.75. The molecule has 2 N–H and O–H groups in total. The number of aromatic nitrogens is 1. The maximum atomic E-state index is 10.7. The minimum atomic E-state index is -0.873. The van der Waals surface area contributed by atoms with E-state index in [1.54, 1.807) is 25.4 Å². The Hall–Kier alpha value is -1.82. The zero-order valence-corrected chi connectivity index (χ0v) is 10.5. The normalized spacial score (nSPS) is 11.9. The zero-order chi connectivity index (χ0) is 13.4. The molecule has 100 valence electrons. The van der Waals surface area contributed by atoms with Gasteiger partial charge in [-0.15, -0.1) is 0 Å². The van der Waals surface area contributed by atoms with Crippen LogP contribution in [-0.2, 0) is 9.53 Å². The number of methoxy groups -OCH3 is 1. The Bertz CT molecular complexity index is 384. The topological polar surface area (TPSA) is 80.7 Å². The Kier molecular flexibility index (Phi) is 5.93. The minimum absolute atomic E-state index is 0.0247. The molecular formula is C12H18N2O4. The predicted octanol–water partition coefficient (Wildman–Crippen LogP) is 1.38. The molecule has 0 radical (unpaired) electrons. The molecule has 0 aliphatic carbocycles. The van der Waals surface area contributed by atoms with Crippen molar-refractivity contribution in [3.05, 3.63) is 18.3 Å². The summed E-state index contributed by atoms with van der Waals surface area (Å²) in [5.41, 5.74) is 0.817. The molecule has 6 nitrogen and oxygen atoms in total. The first-order valence-corrected chi connectivity index (χ1v) is 5.73. The second-order valence-corrected chi connectivity index (χ2v) is 3.64. The Balaban J connectivity index is 2.52. The third-order valence-electron chi connectivity index (χ3n) is 2.28. The lowest BCUT2D eigenvalue weighted by atomic mass is 10.2. The Morgan fingerprint density at radius 1 is 1.61 bits per heavy atom. The van der Waals surface area contributed by atoms with Gasteiger partial charge in [0.05, 0.1) is 19.6 Å². The molecule has 0 aliphatic heterocycles. The molecule has 0 bridgehead atoms. The van der Waals surface area contributed by atoms with E-state index in [1.807, 2.05) is 6.92 Å². The third-order valence-corrected chi connectivity index (χ3v) is 2.28. The van der Waals surface area contributed by atoms with Crippen molar-refractivity contribution in [1.82, 2.24) is 4.98 Å². The summed E-state index contributed by atoms with van der Waals surface area (Å²) in [5.74, 6) is -0.367. The number of hydrogen-bond acceptors (Lipinski definition) is 5. The number of carboxylic acid groups (broad SMARTS) is 1. The second kappa shape index (κ2) is 7.50. The largest absolute Gasteiger partial charge is 0.481 e. The number of carbonyl (C=O) groups is 1. The molecule has 1 aromatic rings. The monoisotopic (exact) mass is 254 g/mol. The smallest absolute Gasteiger partial charge is 0.306 e. The van der Waals surface area contributed by atoms with E-state index in [9.17, 15) is 4.79 Å². The van der Waals surface area contributed by atoms with Crippen molar-refractivity contribution >= 4 is 11.7 Å². The summed E-state index contributed by atoms with van der Waals surface area (Å²) in [4.78, 5) is 14.6. The van der Waals surface area contributed by atoms with Crippen LogP contribution in [-0.4, -0.2) is 42.4 Å². The summed E-state index contributed by atoms with van der Waals surface area (Å²) >= 11 is 0. The van der Waals surface area contributed by atoms with Crippen LogP contribution in [0.5, 0.6) is 5.88 Å². The van der Waals surface area contributed by atoms with Crippen molar-refractivity contribution in [1.29, 1.82) is 0 Å². The lowest BCUT2D eigenvalue weighted by Crippen LogP contribution is -2.26. The van der Waals surface area contributed by atoms with E-state index in [2.05, 4.69) is 10.3 Å². The first-order chi connectivity index (χ1) is 8.65. The second-order valence-electron chi connectivity index (χ2n) is 3.64. The number of ether oxygens (including phenoxy) is 2. The number of rotatable bonds is 8. The highest BCUT2D eigenvalue weighted by Crippen LogP contribution is 2.13. The molecule has 1 atom stereocenters. The molecule has 0 saturated heterocycles. The third kappa shape index (κ3) is 5.01. The summed E-state index contributed by atoms with van der Waals surface area (Å²) < 4.78 is 10.3. The van der Waals surface area contributed by atoms with Gasteiger partial charge in [-0.1, -0.05) is 0 Å². The van der Waals surface area contributed by atoms with Gasteiger partial charge < -0.3 is 19.9 Å². The molecule has 18 heavy (non-hydrogen) atoms. The predicted molar refractivity (Wildman–Crippen MR) is 66.9 cm³/mol. The van der Waals surface area contributed by atoms with Crippen LogP contribution in [0.2, 0.25) is 0 Å². The maximum Gasteiger partial charge on any atom is 0.306 e. The average molecular weight is 254 g/mol. The molecule has 0 aromatic carbocycles. The van der Waals surface area contributed by atoms with E-state index in [4.69, 9.17) is 14.6 Å². The summed E-state index contributed by atoms with van der Waals surface area (Å²) in [6.07, 6.45) is 1.24. The lowest BCUT2D eigenvalue weighted by molar-refractivity contribution is -0.139. The standard InChI is InChI=1S/C12H18N2O4/c1-3-18-10(7-12(15)16)8-14-9-4-5-13-11(6-9)17-2/h4-6,10H,3,7-8H2,1-2H3,(H,13,14)(H,15,16). The molecule has 0 saturated carbocycles. The summed E-state index contributed by atoms with van der Waals surface area (Å²) in [5, 5.41) is 11.9. The van der Waals surface area contributed by atoms with Gasteiger partial charge in [-0.3, -0.25) is 4.79 Å². The molecule has 0 spiro atoms. The Morgan fingerprint density at radius 3 is 3.00 bits per heavy atom. The maximum absolute atomic E-state index is 10.7. The molecule has 0 amide bonds. The van der Waals surface area contributed by atoms with Crippen LogP contribution in [0.25, 0.3) is 0 Å². The average Bonchev–Trinajstić information content (AvgIpc) is 2.36. The molecule has 0 fully saturated rings. The van der Waals surface area contributed by atoms with Gasteiger partial charge in [0.2, 0.25) is 5.88 Å². The number of aliphatic carboxylic acids is 1. The SMILES string of the molecule is CCOC(CNc1ccnc(OC)c1)CC(=O)O. The number of anilines is 1. The molecule has 6 heteroatoms. The molecular weight excluding hydrogens is 236 g/mol. The van der Waals surface area contributed by atoms with E-state index in [0.717, 1.165) is 5.69 Å². The van der Waals surface area contributed by atoms with E-state index in [1.165, 1.54) is 0 Å². The van der Waals surface area contributed by atoms with Crippen LogP contribution >= 0.6 is 0 Å². The van der Waals surface area contributed by atoms with Crippen molar-refractivity contribution < 1.29 is 19.4 Å². The fraction of sp³-hybridized carbons (Fsp3) is 0.500. The fourth-order valence-electron chi connectivity index (χ4n) is 1.48. The van der Waals surface area contributed by atoms with Gasteiger partial charge in [0.1, 0.15) is 0 Å². The number of nitrogens with zero attached hydrogens (tertiary/aromatic N) is 1. The van der Waals surface area contributed by atoms with Crippen molar-refractivity contribution in [3.8, 4) is 5.88 Å². The van der Waals surface area contributed by atoms with Crippen LogP contribution in [0.1, 0.15) is 13.3 Å². The van der Waals surface area contributed by atoms with Crippen molar-refractivity contribution in [2.24, 2.45) is 0 Å². The highest BCUT2D eigenvalue weighted by atomic mass is 16.5. The van der Waals surface area contributed by atoms with Gasteiger partial charge in [-0.2, -0.15) is 0 Å². The summed E-state index contributed by atoms with van der Waals surface area (Å²) in [7, 11) is 1.54. The van der Waals surface area contributed by atoms with Crippen molar-refractivity contribution in [2.45, 2.75) is 19.4 Å². The van der Waals surface area contributed by atoms with Gasteiger partial charge in [0.15, 0.2) is 0 Å². The number of hydrogen-bond donors (Lipinski definition) is 2. The Labute approximate surface area is 106 Å². The number of nitrogens with one attached hydrogen (secondary N) is 1. The summed E-state index contributed by atoms with van der Waals surface area (Å²) in [6, 6.07) is 3.52. The van der Waals surface area contributed by atoms with E-state index < -0.39 is 5.97 Å². The fourth-order valence-corrected chi connectivity index (χ4v) is 1.48. The minimum Gasteiger partial charge on any atom is -0.481 e. The zero-order valence-electron chi connectivity index (χ0n) is 10.5. The van der Waals surface area contributed by atoms with E-state index in [0.29, 0.717) is 19.0 Å².